The highest BCUT2D eigenvalue weighted by Gasteiger charge is 2.10. The van der Waals surface area contributed by atoms with Crippen LogP contribution < -0.4 is 5.73 Å². The van der Waals surface area contributed by atoms with Crippen molar-refractivity contribution in [2.45, 2.75) is 29.5 Å². The van der Waals surface area contributed by atoms with Crippen LogP contribution in [0.5, 0.6) is 0 Å². The van der Waals surface area contributed by atoms with E-state index >= 15 is 0 Å². The van der Waals surface area contributed by atoms with E-state index < -0.39 is 0 Å². The van der Waals surface area contributed by atoms with Crippen LogP contribution in [0.25, 0.3) is 0 Å². The molecule has 4 nitrogen and oxygen atoms in total. The van der Waals surface area contributed by atoms with Crippen LogP contribution in [0.4, 0.5) is 0 Å². The van der Waals surface area contributed by atoms with Crippen molar-refractivity contribution in [1.82, 2.24) is 9.36 Å². The Morgan fingerprint density at radius 1 is 1.50 bits per heavy atom. The van der Waals surface area contributed by atoms with Gasteiger partial charge in [0.25, 0.3) is 0 Å². The molecule has 0 saturated heterocycles. The number of nitrogens with zero attached hydrogens (tertiary/aromatic N) is 2. The van der Waals surface area contributed by atoms with Gasteiger partial charge in [0, 0.05) is 16.9 Å². The van der Waals surface area contributed by atoms with E-state index in [1.165, 1.54) is 23.3 Å². The van der Waals surface area contributed by atoms with Crippen LogP contribution in [0.3, 0.4) is 0 Å². The molecule has 0 aliphatic carbocycles. The lowest BCUT2D eigenvalue weighted by Gasteiger charge is -2.06. The van der Waals surface area contributed by atoms with Crippen LogP contribution in [0.1, 0.15) is 23.9 Å². The number of nitrogen functional groups attached to an aromatic ring is 1. The molecule has 1 aromatic carbocycles. The number of rotatable bonds is 4. The summed E-state index contributed by atoms with van der Waals surface area (Å²) in [5, 5.41) is 7.59. The maximum atomic E-state index is 7.59. The van der Waals surface area contributed by atoms with E-state index in [1.54, 1.807) is 0 Å². The Morgan fingerprint density at radius 3 is 2.89 bits per heavy atom. The highest BCUT2D eigenvalue weighted by Crippen LogP contribution is 2.32. The van der Waals surface area contributed by atoms with Gasteiger partial charge in [-0.25, -0.2) is 4.98 Å². The largest absolute Gasteiger partial charge is 0.384 e. The molecule has 0 spiro atoms. The van der Waals surface area contributed by atoms with Crippen molar-refractivity contribution >= 4 is 29.1 Å². The monoisotopic (exact) mass is 278 g/mol. The smallest absolute Gasteiger partial charge is 0.174 e. The van der Waals surface area contributed by atoms with Crippen molar-refractivity contribution in [2.75, 3.05) is 0 Å². The van der Waals surface area contributed by atoms with Crippen molar-refractivity contribution in [3.63, 3.8) is 0 Å². The van der Waals surface area contributed by atoms with Crippen molar-refractivity contribution < 1.29 is 0 Å². The Bertz CT molecular complexity index is 577. The van der Waals surface area contributed by atoms with E-state index in [2.05, 4.69) is 9.36 Å². The van der Waals surface area contributed by atoms with Gasteiger partial charge < -0.3 is 5.73 Å². The highest BCUT2D eigenvalue weighted by atomic mass is 32.2. The second kappa shape index (κ2) is 5.49. The van der Waals surface area contributed by atoms with Gasteiger partial charge in [-0.2, -0.15) is 4.37 Å². The topological polar surface area (TPSA) is 75.7 Å². The first-order valence-corrected chi connectivity index (χ1v) is 7.14. The number of benzene rings is 1. The molecule has 1 heterocycles. The summed E-state index contributed by atoms with van der Waals surface area (Å²) in [6.07, 6.45) is 0.838. The quantitative estimate of drug-likeness (QED) is 0.666. The molecular weight excluding hydrogens is 264 g/mol. The molecule has 0 fully saturated rings. The minimum atomic E-state index is 0.0812. The maximum Gasteiger partial charge on any atom is 0.174 e. The van der Waals surface area contributed by atoms with Crippen LogP contribution >= 0.6 is 23.3 Å². The molecule has 0 aliphatic rings. The molecule has 0 bridgehead atoms. The normalized spacial score (nSPS) is 10.6. The number of hydrogen-bond donors (Lipinski definition) is 2. The van der Waals surface area contributed by atoms with E-state index in [9.17, 15) is 0 Å². The standard InChI is InChI=1S/C12H14N4S2/c1-3-10-15-12(18-16-10)17-9-6-7(2)4-5-8(9)11(13)14/h4-6H,3H2,1-2H3,(H3,13,14). The van der Waals surface area contributed by atoms with Crippen LogP contribution in [0.2, 0.25) is 0 Å². The third kappa shape index (κ3) is 2.88. The Labute approximate surface area is 114 Å². The van der Waals surface area contributed by atoms with Crippen LogP contribution in [-0.4, -0.2) is 15.2 Å². The summed E-state index contributed by atoms with van der Waals surface area (Å²) in [5.74, 6) is 0.942. The number of amidine groups is 1. The number of aromatic nitrogens is 2. The third-order valence-electron chi connectivity index (χ3n) is 2.39. The van der Waals surface area contributed by atoms with E-state index in [0.717, 1.165) is 32.6 Å². The van der Waals surface area contributed by atoms with Gasteiger partial charge >= 0.3 is 0 Å². The molecule has 94 valence electrons. The summed E-state index contributed by atoms with van der Waals surface area (Å²) in [6, 6.07) is 5.86. The lowest BCUT2D eigenvalue weighted by atomic mass is 10.1. The first-order chi connectivity index (χ1) is 8.60. The van der Waals surface area contributed by atoms with Crippen LogP contribution in [0, 0.1) is 12.3 Å². The summed E-state index contributed by atoms with van der Waals surface area (Å²) < 4.78 is 5.14. The molecule has 1 aromatic heterocycles. The lowest BCUT2D eigenvalue weighted by molar-refractivity contribution is 0.971. The fourth-order valence-electron chi connectivity index (χ4n) is 1.45. The van der Waals surface area contributed by atoms with Crippen molar-refractivity contribution in [3.8, 4) is 0 Å². The average molecular weight is 278 g/mol. The molecule has 2 aromatic rings. The molecule has 0 atom stereocenters. The van der Waals surface area contributed by atoms with Gasteiger partial charge in [-0.1, -0.05) is 24.8 Å². The zero-order chi connectivity index (χ0) is 13.1. The summed E-state index contributed by atoms with van der Waals surface area (Å²) in [5.41, 5.74) is 7.48. The molecule has 3 N–H and O–H groups in total. The fraction of sp³-hybridized carbons (Fsp3) is 0.250. The van der Waals surface area contributed by atoms with Gasteiger partial charge in [0.15, 0.2) is 4.34 Å². The molecule has 0 saturated carbocycles. The van der Waals surface area contributed by atoms with Crippen molar-refractivity contribution in [1.29, 1.82) is 5.41 Å². The molecule has 18 heavy (non-hydrogen) atoms. The molecule has 6 heteroatoms. The van der Waals surface area contributed by atoms with E-state index in [1.807, 2.05) is 32.0 Å². The molecule has 0 radical (unpaired) electrons. The SMILES string of the molecule is CCc1nsc(Sc2cc(C)ccc2C(=N)N)n1. The average Bonchev–Trinajstić information content (AvgIpc) is 2.76. The molecular formula is C12H14N4S2. The maximum absolute atomic E-state index is 7.59. The Balaban J connectivity index is 2.32. The minimum Gasteiger partial charge on any atom is -0.384 e. The van der Waals surface area contributed by atoms with Crippen LogP contribution in [0.15, 0.2) is 27.4 Å². The van der Waals surface area contributed by atoms with Gasteiger partial charge in [0.2, 0.25) is 0 Å². The molecule has 0 aliphatic heterocycles. The Morgan fingerprint density at radius 2 is 2.28 bits per heavy atom. The number of nitrogens with one attached hydrogen (secondary N) is 1. The lowest BCUT2D eigenvalue weighted by Crippen LogP contribution is -2.12. The fourth-order valence-corrected chi connectivity index (χ4v) is 3.36. The minimum absolute atomic E-state index is 0.0812. The Kier molecular flexibility index (Phi) is 3.98. The highest BCUT2D eigenvalue weighted by molar-refractivity contribution is 8.01. The predicted octanol–water partition coefficient (Wildman–Crippen LogP) is 2.84. The van der Waals surface area contributed by atoms with Crippen LogP contribution in [-0.2, 0) is 6.42 Å². The molecule has 0 amide bonds. The zero-order valence-corrected chi connectivity index (χ0v) is 11.9. The summed E-state index contributed by atoms with van der Waals surface area (Å²) in [4.78, 5) is 5.37. The van der Waals surface area contributed by atoms with Gasteiger partial charge in [-0.05, 0) is 36.2 Å². The molecule has 0 unspecified atom stereocenters. The van der Waals surface area contributed by atoms with E-state index in [-0.39, 0.29) is 5.84 Å². The third-order valence-corrected chi connectivity index (χ3v) is 4.24. The first kappa shape index (κ1) is 13.0. The molecule has 2 rings (SSSR count). The van der Waals surface area contributed by atoms with Gasteiger partial charge in [0.05, 0.1) is 0 Å². The first-order valence-electron chi connectivity index (χ1n) is 5.55. The summed E-state index contributed by atoms with van der Waals surface area (Å²) in [6.45, 7) is 4.05. The van der Waals surface area contributed by atoms with E-state index in [4.69, 9.17) is 11.1 Å². The number of hydrogen-bond acceptors (Lipinski definition) is 5. The van der Waals surface area contributed by atoms with Gasteiger partial charge in [-0.15, -0.1) is 0 Å². The zero-order valence-electron chi connectivity index (χ0n) is 10.2. The van der Waals surface area contributed by atoms with Crippen molar-refractivity contribution in [2.24, 2.45) is 5.73 Å². The number of nitrogens with two attached hydrogens (primary N) is 1. The van der Waals surface area contributed by atoms with Crippen molar-refractivity contribution in [3.05, 3.63) is 35.2 Å². The van der Waals surface area contributed by atoms with Gasteiger partial charge in [-0.3, -0.25) is 5.41 Å². The summed E-state index contributed by atoms with van der Waals surface area (Å²) >= 11 is 2.90. The Hall–Kier alpha value is -1.40. The predicted molar refractivity (Wildman–Crippen MR) is 75.6 cm³/mol. The van der Waals surface area contributed by atoms with E-state index in [0.29, 0.717) is 0 Å². The van der Waals surface area contributed by atoms with Gasteiger partial charge in [0.1, 0.15) is 11.7 Å². The number of aryl methyl sites for hydroxylation is 2. The second-order valence-corrected chi connectivity index (χ2v) is 5.89. The summed E-state index contributed by atoms with van der Waals surface area (Å²) in [7, 11) is 0. The second-order valence-electron chi connectivity index (χ2n) is 3.85.